The fourth-order valence-corrected chi connectivity index (χ4v) is 1.99. The van der Waals surface area contributed by atoms with Crippen molar-refractivity contribution in [3.05, 3.63) is 36.4 Å². The van der Waals surface area contributed by atoms with E-state index in [9.17, 15) is 0 Å². The number of furan rings is 1. The zero-order chi connectivity index (χ0) is 11.8. The van der Waals surface area contributed by atoms with Crippen LogP contribution < -0.4 is 9.47 Å². The summed E-state index contributed by atoms with van der Waals surface area (Å²) in [6, 6.07) is 11.7. The van der Waals surface area contributed by atoms with Crippen LogP contribution >= 0.6 is 0 Å². The van der Waals surface area contributed by atoms with Gasteiger partial charge in [0.1, 0.15) is 22.7 Å². The lowest BCUT2D eigenvalue weighted by molar-refractivity contribution is 0.414. The minimum absolute atomic E-state index is 0.795. The van der Waals surface area contributed by atoms with Crippen molar-refractivity contribution in [2.24, 2.45) is 0 Å². The standard InChI is InChI=1S/C14H12O3/c1-15-9-3-5-11-12-6-4-10(16-2)8-14(12)17-13(11)7-9/h3-8H,1-2H3. The quantitative estimate of drug-likeness (QED) is 0.671. The van der Waals surface area contributed by atoms with Crippen molar-refractivity contribution >= 4 is 21.9 Å². The van der Waals surface area contributed by atoms with Gasteiger partial charge in [-0.25, -0.2) is 0 Å². The molecule has 0 saturated carbocycles. The van der Waals surface area contributed by atoms with Crippen LogP contribution in [0, 0.1) is 0 Å². The summed E-state index contributed by atoms with van der Waals surface area (Å²) in [4.78, 5) is 0. The Kier molecular flexibility index (Phi) is 2.18. The molecule has 0 N–H and O–H groups in total. The first-order valence-corrected chi connectivity index (χ1v) is 5.36. The molecule has 1 aromatic heterocycles. The molecule has 0 aliphatic heterocycles. The third-order valence-electron chi connectivity index (χ3n) is 2.89. The summed E-state index contributed by atoms with van der Waals surface area (Å²) in [5.41, 5.74) is 1.65. The first-order chi connectivity index (χ1) is 8.31. The van der Waals surface area contributed by atoms with Crippen LogP contribution in [0.25, 0.3) is 21.9 Å². The lowest BCUT2D eigenvalue weighted by Gasteiger charge is -1.97. The third-order valence-corrected chi connectivity index (χ3v) is 2.89. The molecule has 0 radical (unpaired) electrons. The van der Waals surface area contributed by atoms with Gasteiger partial charge >= 0.3 is 0 Å². The van der Waals surface area contributed by atoms with Crippen molar-refractivity contribution in [1.29, 1.82) is 0 Å². The van der Waals surface area contributed by atoms with Crippen LogP contribution in [-0.2, 0) is 0 Å². The van der Waals surface area contributed by atoms with E-state index in [1.807, 2.05) is 36.4 Å². The Bertz CT molecular complexity index is 624. The topological polar surface area (TPSA) is 31.6 Å². The predicted molar refractivity (Wildman–Crippen MR) is 66.8 cm³/mol. The second kappa shape index (κ2) is 3.70. The van der Waals surface area contributed by atoms with E-state index in [0.717, 1.165) is 33.4 Å². The number of fused-ring (bicyclic) bond motifs is 3. The van der Waals surface area contributed by atoms with Crippen molar-refractivity contribution in [3.63, 3.8) is 0 Å². The third kappa shape index (κ3) is 1.51. The lowest BCUT2D eigenvalue weighted by Crippen LogP contribution is -1.80. The lowest BCUT2D eigenvalue weighted by atomic mass is 10.1. The molecule has 0 fully saturated rings. The van der Waals surface area contributed by atoms with Gasteiger partial charge in [-0.1, -0.05) is 0 Å². The summed E-state index contributed by atoms with van der Waals surface area (Å²) in [5.74, 6) is 1.59. The van der Waals surface area contributed by atoms with E-state index in [4.69, 9.17) is 13.9 Å². The molecule has 0 amide bonds. The zero-order valence-corrected chi connectivity index (χ0v) is 9.69. The number of hydrogen-bond donors (Lipinski definition) is 0. The van der Waals surface area contributed by atoms with Crippen LogP contribution in [0.2, 0.25) is 0 Å². The van der Waals surface area contributed by atoms with Crippen molar-refractivity contribution < 1.29 is 13.9 Å². The van der Waals surface area contributed by atoms with Gasteiger partial charge in [-0.2, -0.15) is 0 Å². The molecular formula is C14H12O3. The summed E-state index contributed by atoms with van der Waals surface area (Å²) in [7, 11) is 3.29. The second-order valence-electron chi connectivity index (χ2n) is 3.83. The molecule has 17 heavy (non-hydrogen) atoms. The van der Waals surface area contributed by atoms with E-state index >= 15 is 0 Å². The highest BCUT2D eigenvalue weighted by atomic mass is 16.5. The van der Waals surface area contributed by atoms with E-state index in [1.165, 1.54) is 0 Å². The maximum absolute atomic E-state index is 5.78. The summed E-state index contributed by atoms with van der Waals surface area (Å²) in [6.07, 6.45) is 0. The molecule has 0 atom stereocenters. The molecule has 2 aromatic carbocycles. The predicted octanol–water partition coefficient (Wildman–Crippen LogP) is 3.60. The van der Waals surface area contributed by atoms with Gasteiger partial charge in [0.25, 0.3) is 0 Å². The highest BCUT2D eigenvalue weighted by Gasteiger charge is 2.08. The fraction of sp³-hybridized carbons (Fsp3) is 0.143. The highest BCUT2D eigenvalue weighted by molar-refractivity contribution is 6.05. The molecule has 3 nitrogen and oxygen atoms in total. The molecule has 0 aliphatic carbocycles. The van der Waals surface area contributed by atoms with Crippen LogP contribution in [0.15, 0.2) is 40.8 Å². The van der Waals surface area contributed by atoms with E-state index in [1.54, 1.807) is 14.2 Å². The Hall–Kier alpha value is -2.16. The van der Waals surface area contributed by atoms with Crippen LogP contribution in [0.3, 0.4) is 0 Å². The zero-order valence-electron chi connectivity index (χ0n) is 9.69. The second-order valence-corrected chi connectivity index (χ2v) is 3.83. The van der Waals surface area contributed by atoms with Gasteiger partial charge in [0.15, 0.2) is 0 Å². The molecule has 3 rings (SSSR count). The van der Waals surface area contributed by atoms with E-state index in [2.05, 4.69) is 0 Å². The van der Waals surface area contributed by atoms with Gasteiger partial charge in [-0.15, -0.1) is 0 Å². The normalized spacial score (nSPS) is 10.9. The van der Waals surface area contributed by atoms with E-state index in [0.29, 0.717) is 0 Å². The molecule has 0 aliphatic rings. The smallest absolute Gasteiger partial charge is 0.139 e. The average Bonchev–Trinajstić information content (AvgIpc) is 2.74. The van der Waals surface area contributed by atoms with Gasteiger partial charge in [0.2, 0.25) is 0 Å². The number of benzene rings is 2. The molecule has 1 heterocycles. The monoisotopic (exact) mass is 228 g/mol. The Balaban J connectivity index is 2.32. The largest absolute Gasteiger partial charge is 0.497 e. The maximum atomic E-state index is 5.78. The number of rotatable bonds is 2. The molecule has 3 heteroatoms. The van der Waals surface area contributed by atoms with Crippen LogP contribution in [0.4, 0.5) is 0 Å². The average molecular weight is 228 g/mol. The summed E-state index contributed by atoms with van der Waals surface area (Å²) in [5, 5.41) is 2.17. The van der Waals surface area contributed by atoms with Crippen LogP contribution in [0.5, 0.6) is 11.5 Å². The van der Waals surface area contributed by atoms with Gasteiger partial charge in [0.05, 0.1) is 14.2 Å². The van der Waals surface area contributed by atoms with E-state index in [-0.39, 0.29) is 0 Å². The highest BCUT2D eigenvalue weighted by Crippen LogP contribution is 2.32. The number of ether oxygens (including phenoxy) is 2. The molecule has 86 valence electrons. The molecule has 0 bridgehead atoms. The molecule has 0 spiro atoms. The fourth-order valence-electron chi connectivity index (χ4n) is 1.99. The van der Waals surface area contributed by atoms with Gasteiger partial charge in [0, 0.05) is 22.9 Å². The van der Waals surface area contributed by atoms with Crippen molar-refractivity contribution in [2.75, 3.05) is 14.2 Å². The van der Waals surface area contributed by atoms with Gasteiger partial charge in [-0.05, 0) is 24.3 Å². The SMILES string of the molecule is COc1ccc2c(c1)oc1cc(OC)ccc12. The summed E-state index contributed by atoms with van der Waals surface area (Å²) in [6.45, 7) is 0. The summed E-state index contributed by atoms with van der Waals surface area (Å²) >= 11 is 0. The minimum atomic E-state index is 0.795. The number of methoxy groups -OCH3 is 2. The molecule has 0 unspecified atom stereocenters. The van der Waals surface area contributed by atoms with Crippen LogP contribution in [-0.4, -0.2) is 14.2 Å². The minimum Gasteiger partial charge on any atom is -0.497 e. The Labute approximate surface area is 98.5 Å². The molecular weight excluding hydrogens is 216 g/mol. The van der Waals surface area contributed by atoms with Crippen molar-refractivity contribution in [1.82, 2.24) is 0 Å². The first kappa shape index (κ1) is 10.0. The molecule has 0 saturated heterocycles. The Morgan fingerprint density at radius 2 is 1.24 bits per heavy atom. The van der Waals surface area contributed by atoms with Gasteiger partial charge in [-0.3, -0.25) is 0 Å². The first-order valence-electron chi connectivity index (χ1n) is 5.36. The number of hydrogen-bond acceptors (Lipinski definition) is 3. The summed E-state index contributed by atoms with van der Waals surface area (Å²) < 4.78 is 16.1. The van der Waals surface area contributed by atoms with Crippen molar-refractivity contribution in [2.45, 2.75) is 0 Å². The van der Waals surface area contributed by atoms with E-state index < -0.39 is 0 Å². The maximum Gasteiger partial charge on any atom is 0.139 e. The van der Waals surface area contributed by atoms with Gasteiger partial charge < -0.3 is 13.9 Å². The Morgan fingerprint density at radius 1 is 0.765 bits per heavy atom. The Morgan fingerprint density at radius 3 is 1.65 bits per heavy atom. The molecule has 3 aromatic rings. The van der Waals surface area contributed by atoms with Crippen molar-refractivity contribution in [3.8, 4) is 11.5 Å². The van der Waals surface area contributed by atoms with Crippen LogP contribution in [0.1, 0.15) is 0 Å².